The number of carbonyl (C=O) groups is 1. The van der Waals surface area contributed by atoms with E-state index in [1.165, 1.54) is 22.7 Å². The summed E-state index contributed by atoms with van der Waals surface area (Å²) in [5, 5.41) is 2.81. The number of thiophene rings is 1. The minimum Gasteiger partial charge on any atom is -0.459 e. The summed E-state index contributed by atoms with van der Waals surface area (Å²) in [5.74, 6) is -0.474. The molecular weight excluding hydrogens is 475 g/mol. The molecule has 0 fully saturated rings. The van der Waals surface area contributed by atoms with Crippen LogP contribution in [0.3, 0.4) is 0 Å². The zero-order valence-corrected chi connectivity index (χ0v) is 20.0. The molecule has 0 spiro atoms. The fourth-order valence-electron chi connectivity index (χ4n) is 3.36. The summed E-state index contributed by atoms with van der Waals surface area (Å²) in [5.41, 5.74) is 1.21. The maximum absolute atomic E-state index is 13.5. The molecule has 0 amide bonds. The number of carbonyl (C=O) groups excluding carboxylic acids is 1. The molecule has 4 rings (SSSR count). The van der Waals surface area contributed by atoms with E-state index >= 15 is 0 Å². The molecule has 2 aromatic heterocycles. The van der Waals surface area contributed by atoms with E-state index in [-0.39, 0.29) is 11.7 Å². The first-order valence-corrected chi connectivity index (χ1v) is 11.9. The van der Waals surface area contributed by atoms with Gasteiger partial charge in [0, 0.05) is 20.5 Å². The van der Waals surface area contributed by atoms with Crippen molar-refractivity contribution in [3.05, 3.63) is 87.2 Å². The molecule has 1 unspecified atom stereocenters. The maximum atomic E-state index is 13.5. The maximum Gasteiger partial charge on any atom is 0.338 e. The van der Waals surface area contributed by atoms with E-state index in [0.29, 0.717) is 36.2 Å². The zero-order chi connectivity index (χ0) is 22.3. The van der Waals surface area contributed by atoms with Crippen LogP contribution in [0.1, 0.15) is 37.3 Å². The fourth-order valence-corrected chi connectivity index (χ4v) is 5.71. The number of esters is 1. The normalized spacial score (nSPS) is 16.5. The van der Waals surface area contributed by atoms with Crippen molar-refractivity contribution in [3.8, 4) is 0 Å². The standard InChI is InChI=1S/C22H18Cl2N2O3S2/c1-11(2)29-21(28)18-12(3)25-22-26(19(18)16-8-5-9-30-16)20(27)17(31-22)10-13-14(23)6-4-7-15(13)24/h4-11,19H,1-3H3/b17-10-. The van der Waals surface area contributed by atoms with Crippen molar-refractivity contribution in [2.75, 3.05) is 0 Å². The van der Waals surface area contributed by atoms with Crippen molar-refractivity contribution >= 4 is 57.9 Å². The van der Waals surface area contributed by atoms with Crippen LogP contribution in [-0.2, 0) is 9.53 Å². The topological polar surface area (TPSA) is 60.7 Å². The van der Waals surface area contributed by atoms with Crippen LogP contribution in [0.2, 0.25) is 10.0 Å². The average Bonchev–Trinajstić information content (AvgIpc) is 3.32. The van der Waals surface area contributed by atoms with Gasteiger partial charge >= 0.3 is 5.97 Å². The lowest BCUT2D eigenvalue weighted by Crippen LogP contribution is -2.39. The van der Waals surface area contributed by atoms with Gasteiger partial charge in [-0.25, -0.2) is 9.79 Å². The highest BCUT2D eigenvalue weighted by molar-refractivity contribution is 7.10. The number of hydrogen-bond acceptors (Lipinski definition) is 6. The lowest BCUT2D eigenvalue weighted by molar-refractivity contribution is -0.143. The highest BCUT2D eigenvalue weighted by Crippen LogP contribution is 2.33. The van der Waals surface area contributed by atoms with Crippen LogP contribution in [0.5, 0.6) is 0 Å². The van der Waals surface area contributed by atoms with Crippen LogP contribution in [0.25, 0.3) is 6.08 Å². The second-order valence-electron chi connectivity index (χ2n) is 7.19. The third-order valence-corrected chi connectivity index (χ3v) is 7.24. The largest absolute Gasteiger partial charge is 0.459 e. The van der Waals surface area contributed by atoms with Gasteiger partial charge in [0.25, 0.3) is 5.56 Å². The number of aromatic nitrogens is 1. The van der Waals surface area contributed by atoms with Crippen LogP contribution < -0.4 is 14.9 Å². The molecule has 3 aromatic rings. The van der Waals surface area contributed by atoms with E-state index in [9.17, 15) is 9.59 Å². The second kappa shape index (κ2) is 8.74. The number of thiazole rings is 1. The molecule has 0 aliphatic carbocycles. The highest BCUT2D eigenvalue weighted by atomic mass is 35.5. The number of halogens is 2. The van der Waals surface area contributed by atoms with Gasteiger partial charge in [0.05, 0.1) is 21.9 Å². The molecule has 9 heteroatoms. The van der Waals surface area contributed by atoms with Gasteiger partial charge in [0.15, 0.2) is 4.80 Å². The Morgan fingerprint density at radius 2 is 1.94 bits per heavy atom. The summed E-state index contributed by atoms with van der Waals surface area (Å²) in [6.45, 7) is 5.34. The predicted molar refractivity (Wildman–Crippen MR) is 126 cm³/mol. The number of rotatable bonds is 4. The summed E-state index contributed by atoms with van der Waals surface area (Å²) in [6, 6.07) is 8.37. The molecule has 0 radical (unpaired) electrons. The number of fused-ring (bicyclic) bond motifs is 1. The number of nitrogens with zero attached hydrogens (tertiary/aromatic N) is 2. The van der Waals surface area contributed by atoms with Crippen LogP contribution >= 0.6 is 45.9 Å². The van der Waals surface area contributed by atoms with Gasteiger partial charge in [-0.15, -0.1) is 11.3 Å². The third kappa shape index (κ3) is 4.15. The molecule has 1 aliphatic rings. The summed E-state index contributed by atoms with van der Waals surface area (Å²) in [4.78, 5) is 32.3. The van der Waals surface area contributed by atoms with E-state index < -0.39 is 12.0 Å². The van der Waals surface area contributed by atoms with Crippen LogP contribution in [0.15, 0.2) is 56.8 Å². The summed E-state index contributed by atoms with van der Waals surface area (Å²) < 4.78 is 7.45. The van der Waals surface area contributed by atoms with Gasteiger partial charge in [0.1, 0.15) is 6.04 Å². The first-order chi connectivity index (χ1) is 14.8. The number of allylic oxidation sites excluding steroid dienone is 1. The monoisotopic (exact) mass is 492 g/mol. The lowest BCUT2D eigenvalue weighted by Gasteiger charge is -2.24. The molecule has 0 saturated carbocycles. The molecule has 160 valence electrons. The Balaban J connectivity index is 1.96. The second-order valence-corrected chi connectivity index (χ2v) is 9.99. The summed E-state index contributed by atoms with van der Waals surface area (Å²) >= 11 is 15.3. The van der Waals surface area contributed by atoms with Crippen LogP contribution in [0.4, 0.5) is 0 Å². The van der Waals surface area contributed by atoms with Crippen molar-refractivity contribution in [1.29, 1.82) is 0 Å². The van der Waals surface area contributed by atoms with Gasteiger partial charge in [-0.2, -0.15) is 0 Å². The predicted octanol–water partition coefficient (Wildman–Crippen LogP) is 4.56. The molecule has 1 aliphatic heterocycles. The van der Waals surface area contributed by atoms with Gasteiger partial charge in [-0.05, 0) is 50.4 Å². The molecule has 3 heterocycles. The van der Waals surface area contributed by atoms with Gasteiger partial charge in [-0.1, -0.05) is 46.7 Å². The molecule has 31 heavy (non-hydrogen) atoms. The summed E-state index contributed by atoms with van der Waals surface area (Å²) in [6.07, 6.45) is 1.38. The van der Waals surface area contributed by atoms with E-state index in [2.05, 4.69) is 4.99 Å². The van der Waals surface area contributed by atoms with E-state index in [4.69, 9.17) is 27.9 Å². The zero-order valence-electron chi connectivity index (χ0n) is 16.9. The third-order valence-electron chi connectivity index (χ3n) is 4.67. The fraction of sp³-hybridized carbons (Fsp3) is 0.227. The molecule has 0 bridgehead atoms. The first-order valence-electron chi connectivity index (χ1n) is 9.49. The van der Waals surface area contributed by atoms with E-state index in [1.54, 1.807) is 49.6 Å². The Morgan fingerprint density at radius 3 is 2.55 bits per heavy atom. The average molecular weight is 493 g/mol. The quantitative estimate of drug-likeness (QED) is 0.501. The Kier molecular flexibility index (Phi) is 6.21. The molecular formula is C22H18Cl2N2O3S2. The number of ether oxygens (including phenoxy) is 1. The first kappa shape index (κ1) is 22.0. The van der Waals surface area contributed by atoms with Crippen molar-refractivity contribution in [1.82, 2.24) is 4.57 Å². The minimum absolute atomic E-state index is 0.263. The minimum atomic E-state index is -0.605. The number of benzene rings is 1. The van der Waals surface area contributed by atoms with Crippen molar-refractivity contribution in [2.24, 2.45) is 4.99 Å². The van der Waals surface area contributed by atoms with E-state index in [0.717, 1.165) is 4.88 Å². The molecule has 0 saturated heterocycles. The Bertz CT molecular complexity index is 1350. The lowest BCUT2D eigenvalue weighted by atomic mass is 10.0. The van der Waals surface area contributed by atoms with Crippen LogP contribution in [-0.4, -0.2) is 16.6 Å². The molecule has 5 nitrogen and oxygen atoms in total. The number of hydrogen-bond donors (Lipinski definition) is 0. The molecule has 1 aromatic carbocycles. The smallest absolute Gasteiger partial charge is 0.338 e. The molecule has 0 N–H and O–H groups in total. The van der Waals surface area contributed by atoms with Gasteiger partial charge < -0.3 is 4.74 Å². The Labute approximate surface area is 196 Å². The van der Waals surface area contributed by atoms with Gasteiger partial charge in [0.2, 0.25) is 0 Å². The highest BCUT2D eigenvalue weighted by Gasteiger charge is 2.34. The van der Waals surface area contributed by atoms with Gasteiger partial charge in [-0.3, -0.25) is 9.36 Å². The van der Waals surface area contributed by atoms with Crippen molar-refractivity contribution < 1.29 is 9.53 Å². The Morgan fingerprint density at radius 1 is 1.23 bits per heavy atom. The van der Waals surface area contributed by atoms with Crippen molar-refractivity contribution in [2.45, 2.75) is 32.9 Å². The van der Waals surface area contributed by atoms with Crippen LogP contribution in [0, 0.1) is 0 Å². The summed E-state index contributed by atoms with van der Waals surface area (Å²) in [7, 11) is 0. The SMILES string of the molecule is CC1=C(C(=O)OC(C)C)C(c2cccs2)n2c(s/c(=C\c3c(Cl)cccc3Cl)c2=O)=N1. The Hall–Kier alpha value is -2.19. The van der Waals surface area contributed by atoms with Crippen molar-refractivity contribution in [3.63, 3.8) is 0 Å². The molecule has 1 atom stereocenters. The van der Waals surface area contributed by atoms with E-state index in [1.807, 2.05) is 17.5 Å².